The van der Waals surface area contributed by atoms with Crippen LogP contribution >= 0.6 is 11.8 Å². The van der Waals surface area contributed by atoms with Gasteiger partial charge in [0.25, 0.3) is 0 Å². The molecule has 0 spiro atoms. The molecule has 2 aromatic carbocycles. The van der Waals surface area contributed by atoms with Crippen molar-refractivity contribution < 1.29 is 9.72 Å². The van der Waals surface area contributed by atoms with E-state index in [1.807, 2.05) is 42.5 Å². The number of nitrogens with one attached hydrogen (secondary N) is 1. The van der Waals surface area contributed by atoms with Crippen molar-refractivity contribution >= 4 is 29.3 Å². The fourth-order valence-electron chi connectivity index (χ4n) is 6.84. The van der Waals surface area contributed by atoms with Gasteiger partial charge in [0.2, 0.25) is 12.2 Å². The van der Waals surface area contributed by atoms with Gasteiger partial charge in [-0.1, -0.05) is 47.1 Å². The lowest BCUT2D eigenvalue weighted by Crippen LogP contribution is -2.60. The van der Waals surface area contributed by atoms with Gasteiger partial charge in [-0.3, -0.25) is 4.79 Å². The minimum atomic E-state index is -0.555. The van der Waals surface area contributed by atoms with Gasteiger partial charge < -0.3 is 15.4 Å². The van der Waals surface area contributed by atoms with Gasteiger partial charge in [-0.05, 0) is 79.5 Å². The summed E-state index contributed by atoms with van der Waals surface area (Å²) in [6.45, 7) is 0. The van der Waals surface area contributed by atoms with Gasteiger partial charge in [0.1, 0.15) is 0 Å². The van der Waals surface area contributed by atoms with E-state index < -0.39 is 10.3 Å². The zero-order chi connectivity index (χ0) is 23.3. The Bertz CT molecular complexity index is 1250. The first kappa shape index (κ1) is 21.3. The van der Waals surface area contributed by atoms with Gasteiger partial charge in [-0.15, -0.1) is 0 Å². The molecular formula is C25H25N5O3S. The second-order valence-electron chi connectivity index (χ2n) is 10.1. The number of aromatic nitrogens is 3. The maximum Gasteiger partial charge on any atom is 0.490 e. The van der Waals surface area contributed by atoms with Gasteiger partial charge in [0, 0.05) is 14.9 Å². The van der Waals surface area contributed by atoms with E-state index in [1.54, 1.807) is 16.4 Å². The van der Waals surface area contributed by atoms with Crippen LogP contribution in [0.15, 0.2) is 70.7 Å². The molecule has 4 saturated carbocycles. The van der Waals surface area contributed by atoms with Gasteiger partial charge in [0.15, 0.2) is 0 Å². The molecule has 9 heteroatoms. The van der Waals surface area contributed by atoms with Gasteiger partial charge in [-0.2, -0.15) is 4.68 Å². The zero-order valence-corrected chi connectivity index (χ0v) is 19.4. The van der Waals surface area contributed by atoms with Gasteiger partial charge in [0.05, 0.1) is 16.6 Å². The normalized spacial score (nSPS) is 29.2. The number of anilines is 1. The zero-order valence-electron chi connectivity index (χ0n) is 18.6. The monoisotopic (exact) mass is 475 g/mol. The smallest absolute Gasteiger partial charge is 0.390 e. The van der Waals surface area contributed by atoms with Crippen molar-refractivity contribution in [3.8, 4) is 0 Å². The van der Waals surface area contributed by atoms with E-state index in [9.17, 15) is 14.9 Å². The molecule has 3 aromatic rings. The Hall–Kier alpha value is -3.20. The predicted octanol–water partition coefficient (Wildman–Crippen LogP) is 5.27. The van der Waals surface area contributed by atoms with Crippen molar-refractivity contribution in [2.45, 2.75) is 53.9 Å². The summed E-state index contributed by atoms with van der Waals surface area (Å²) in [5.41, 5.74) is -0.0430. The van der Waals surface area contributed by atoms with E-state index in [4.69, 9.17) is 0 Å². The van der Waals surface area contributed by atoms with Crippen molar-refractivity contribution in [2.75, 3.05) is 5.32 Å². The van der Waals surface area contributed by atoms with Crippen molar-refractivity contribution in [1.29, 1.82) is 0 Å². The number of hydrogen-bond donors (Lipinski definition) is 1. The number of amides is 1. The lowest BCUT2D eigenvalue weighted by Gasteiger charge is -2.60. The molecule has 4 aliphatic rings. The summed E-state index contributed by atoms with van der Waals surface area (Å²) >= 11 is 1.63. The van der Waals surface area contributed by atoms with E-state index in [1.165, 1.54) is 6.33 Å². The number of carbonyl (C=O) groups is 1. The lowest BCUT2D eigenvalue weighted by atomic mass is 9.46. The van der Waals surface area contributed by atoms with E-state index in [2.05, 4.69) is 27.5 Å². The fourth-order valence-corrected chi connectivity index (χ4v) is 7.77. The van der Waals surface area contributed by atoms with Gasteiger partial charge in [-0.25, -0.2) is 0 Å². The second kappa shape index (κ2) is 7.94. The maximum atomic E-state index is 13.9. The quantitative estimate of drug-likeness (QED) is 0.385. The van der Waals surface area contributed by atoms with Crippen LogP contribution < -0.4 is 5.32 Å². The van der Waals surface area contributed by atoms with Crippen molar-refractivity contribution in [3.05, 3.63) is 71.0 Å². The number of para-hydroxylation sites is 1. The Morgan fingerprint density at radius 2 is 1.76 bits per heavy atom. The number of rotatable bonds is 6. The largest absolute Gasteiger partial charge is 0.490 e. The highest BCUT2D eigenvalue weighted by atomic mass is 32.2. The number of nitro groups is 1. The van der Waals surface area contributed by atoms with Crippen LogP contribution in [0.25, 0.3) is 0 Å². The van der Waals surface area contributed by atoms with Crippen LogP contribution in [0.1, 0.15) is 38.5 Å². The first-order chi connectivity index (χ1) is 16.4. The van der Waals surface area contributed by atoms with Crippen molar-refractivity contribution in [3.63, 3.8) is 0 Å². The minimum Gasteiger partial charge on any atom is -0.390 e. The standard InChI is InChI=1S/C25H25N5O3S/c31-22(27-20-8-4-5-9-21(20)34-19-6-2-1-3-7-19)24-11-17-10-18(12-24)14-25(13-17,15-24)29-16-26-23(28-29)30(32)33/h1-9,16-18H,10-15H2,(H,27,31)/t17-,18-,24?,25?/m0/s1. The number of carbonyl (C=O) groups excluding carboxylic acids is 1. The second-order valence-corrected chi connectivity index (χ2v) is 11.2. The molecule has 0 unspecified atom stereocenters. The third-order valence-corrected chi connectivity index (χ3v) is 8.83. The third-order valence-electron chi connectivity index (χ3n) is 7.75. The van der Waals surface area contributed by atoms with E-state index >= 15 is 0 Å². The topological polar surface area (TPSA) is 103 Å². The highest BCUT2D eigenvalue weighted by Crippen LogP contribution is 2.64. The summed E-state index contributed by atoms with van der Waals surface area (Å²) in [6, 6.07) is 18.0. The summed E-state index contributed by atoms with van der Waals surface area (Å²) in [5.74, 6) is 0.524. The Morgan fingerprint density at radius 3 is 2.47 bits per heavy atom. The van der Waals surface area contributed by atoms with E-state index in [0.29, 0.717) is 18.3 Å². The number of nitrogens with zero attached hydrogens (tertiary/aromatic N) is 4. The molecule has 4 aliphatic carbocycles. The Labute approximate surface area is 201 Å². The summed E-state index contributed by atoms with van der Waals surface area (Å²) in [7, 11) is 0. The van der Waals surface area contributed by atoms with Crippen molar-refractivity contribution in [1.82, 2.24) is 14.8 Å². The average molecular weight is 476 g/mol. The first-order valence-electron chi connectivity index (χ1n) is 11.6. The van der Waals surface area contributed by atoms with E-state index in [-0.39, 0.29) is 17.4 Å². The van der Waals surface area contributed by atoms with E-state index in [0.717, 1.165) is 47.6 Å². The lowest BCUT2D eigenvalue weighted by molar-refractivity contribution is -0.394. The summed E-state index contributed by atoms with van der Waals surface area (Å²) < 4.78 is 1.70. The summed E-state index contributed by atoms with van der Waals surface area (Å²) in [6.07, 6.45) is 6.78. The Kier molecular flexibility index (Phi) is 4.98. The molecule has 2 atom stereocenters. The van der Waals surface area contributed by atoms with Crippen LogP contribution in [0.4, 0.5) is 11.6 Å². The highest BCUT2D eigenvalue weighted by Gasteiger charge is 2.62. The molecule has 0 radical (unpaired) electrons. The molecule has 4 bridgehead atoms. The SMILES string of the molecule is O=C(Nc1ccccc1Sc1ccccc1)C12C[C@@H]3C[C@@H](C1)CC(n1cnc([N+](=O)[O-])n1)(C3)C2. The van der Waals surface area contributed by atoms with Gasteiger partial charge >= 0.3 is 5.95 Å². The third kappa shape index (κ3) is 3.58. The molecule has 0 saturated heterocycles. The molecule has 0 aliphatic heterocycles. The Balaban J connectivity index is 1.29. The molecule has 1 aromatic heterocycles. The molecule has 174 valence electrons. The molecule has 7 rings (SSSR count). The van der Waals surface area contributed by atoms with Crippen LogP contribution in [0.2, 0.25) is 0 Å². The molecular weight excluding hydrogens is 450 g/mol. The molecule has 1 heterocycles. The van der Waals surface area contributed by atoms with Crippen LogP contribution in [0, 0.1) is 27.4 Å². The van der Waals surface area contributed by atoms with Crippen LogP contribution in [-0.2, 0) is 10.3 Å². The predicted molar refractivity (Wildman–Crippen MR) is 127 cm³/mol. The fraction of sp³-hybridized carbons (Fsp3) is 0.400. The molecule has 34 heavy (non-hydrogen) atoms. The minimum absolute atomic E-state index is 0.0571. The highest BCUT2D eigenvalue weighted by molar-refractivity contribution is 7.99. The maximum absolute atomic E-state index is 13.9. The first-order valence-corrected chi connectivity index (χ1v) is 12.5. The van der Waals surface area contributed by atoms with Crippen LogP contribution in [-0.4, -0.2) is 25.6 Å². The van der Waals surface area contributed by atoms with Crippen LogP contribution in [0.5, 0.6) is 0 Å². The molecule has 8 nitrogen and oxygen atoms in total. The van der Waals surface area contributed by atoms with Crippen molar-refractivity contribution in [2.24, 2.45) is 17.3 Å². The Morgan fingerprint density at radius 1 is 1.06 bits per heavy atom. The molecule has 4 fully saturated rings. The summed E-state index contributed by atoms with van der Waals surface area (Å²) in [5, 5.41) is 18.7. The van der Waals surface area contributed by atoms with Crippen LogP contribution in [0.3, 0.4) is 0 Å². The molecule has 1 N–H and O–H groups in total. The number of hydrogen-bond acceptors (Lipinski definition) is 6. The average Bonchev–Trinajstić information content (AvgIpc) is 3.32. The molecule has 1 amide bonds. The number of benzene rings is 2. The summed E-state index contributed by atoms with van der Waals surface area (Å²) in [4.78, 5) is 30.5.